The summed E-state index contributed by atoms with van der Waals surface area (Å²) in [6.07, 6.45) is 5.59. The quantitative estimate of drug-likeness (QED) is 0.331. The molecule has 0 heterocycles. The van der Waals surface area contributed by atoms with Gasteiger partial charge in [0, 0.05) is 32.7 Å². The van der Waals surface area contributed by atoms with Crippen molar-refractivity contribution in [2.75, 3.05) is 25.6 Å². The molecule has 0 amide bonds. The van der Waals surface area contributed by atoms with Gasteiger partial charge in [0.25, 0.3) is 0 Å². The summed E-state index contributed by atoms with van der Waals surface area (Å²) in [5.74, 6) is 1.23. The van der Waals surface area contributed by atoms with Crippen LogP contribution in [0.3, 0.4) is 0 Å². The van der Waals surface area contributed by atoms with Crippen LogP contribution in [-0.2, 0) is 18.1 Å². The molecule has 0 rings (SSSR count). The molecule has 0 fully saturated rings. The molecule has 0 spiro atoms. The lowest BCUT2D eigenvalue weighted by Gasteiger charge is -2.27. The summed E-state index contributed by atoms with van der Waals surface area (Å²) in [5, 5.41) is 0. The highest BCUT2D eigenvalue weighted by atomic mass is 32.4. The first-order valence-electron chi connectivity index (χ1n) is 8.21. The molecule has 0 aromatic heterocycles. The Morgan fingerprint density at radius 3 is 1.86 bits per heavy atom. The first-order chi connectivity index (χ1) is 10.1. The fraction of sp³-hybridized carbons (Fsp3) is 0.933. The zero-order valence-electron chi connectivity index (χ0n) is 14.1. The zero-order chi connectivity index (χ0) is 16.0. The summed E-state index contributed by atoms with van der Waals surface area (Å²) >= 11 is 1.63. The molecule has 4 nitrogen and oxygen atoms in total. The number of hydrogen-bond acceptors (Lipinski definition) is 5. The number of hydrogen-bond donors (Lipinski definition) is 0. The van der Waals surface area contributed by atoms with Gasteiger partial charge in [-0.2, -0.15) is 0 Å². The summed E-state index contributed by atoms with van der Waals surface area (Å²) < 4.78 is 17.3. The van der Waals surface area contributed by atoms with E-state index in [1.54, 1.807) is 11.2 Å². The molecule has 0 unspecified atom stereocenters. The Morgan fingerprint density at radius 1 is 0.857 bits per heavy atom. The van der Waals surface area contributed by atoms with E-state index < -0.39 is 7.95 Å². The number of Topliss-reactive ketones (excluding diaryl/α,β-unsaturated/α-hetero) is 1. The molecule has 0 aromatic carbocycles. The molecule has 0 aliphatic carbocycles. The number of carbonyl (C=O) groups excluding carboxylic acids is 1. The summed E-state index contributed by atoms with van der Waals surface area (Å²) in [4.78, 5) is 11.7. The van der Waals surface area contributed by atoms with E-state index in [0.717, 1.165) is 37.9 Å². The maximum absolute atomic E-state index is 11.7. The van der Waals surface area contributed by atoms with Gasteiger partial charge in [-0.25, -0.2) is 0 Å². The lowest BCUT2D eigenvalue weighted by Crippen LogP contribution is -2.43. The molecule has 0 aromatic rings. The van der Waals surface area contributed by atoms with Gasteiger partial charge in [-0.3, -0.25) is 4.79 Å². The normalized spacial score (nSPS) is 11.8. The van der Waals surface area contributed by atoms with Crippen molar-refractivity contribution in [2.45, 2.75) is 66.2 Å². The van der Waals surface area contributed by atoms with E-state index in [2.05, 4.69) is 6.92 Å². The average molecular weight is 337 g/mol. The standard InChI is InChI=1S/C15H32O4SSi/c1-5-9-10-12-15(16)13-11-14-20-21(17-6-2,18-7-3)19-8-4/h5-14H2,1-4H3. The molecule has 0 radical (unpaired) electrons. The molecule has 0 N–H and O–H groups in total. The second-order valence-corrected chi connectivity index (χ2v) is 9.68. The Bertz CT molecular complexity index is 247. The van der Waals surface area contributed by atoms with Crippen LogP contribution in [0.5, 0.6) is 0 Å². The Morgan fingerprint density at radius 2 is 1.38 bits per heavy atom. The van der Waals surface area contributed by atoms with Crippen molar-refractivity contribution in [1.82, 2.24) is 0 Å². The molecule has 0 saturated carbocycles. The van der Waals surface area contributed by atoms with Crippen molar-refractivity contribution in [3.63, 3.8) is 0 Å². The largest absolute Gasteiger partial charge is 0.573 e. The third kappa shape index (κ3) is 10.5. The van der Waals surface area contributed by atoms with Crippen molar-refractivity contribution in [2.24, 2.45) is 0 Å². The van der Waals surface area contributed by atoms with Gasteiger partial charge in [-0.15, -0.1) is 0 Å². The van der Waals surface area contributed by atoms with E-state index in [1.807, 2.05) is 20.8 Å². The highest BCUT2D eigenvalue weighted by Crippen LogP contribution is 2.26. The van der Waals surface area contributed by atoms with Crippen molar-refractivity contribution < 1.29 is 18.1 Å². The number of unbranched alkanes of at least 4 members (excludes halogenated alkanes) is 2. The molecule has 126 valence electrons. The van der Waals surface area contributed by atoms with Crippen molar-refractivity contribution in [3.8, 4) is 0 Å². The van der Waals surface area contributed by atoms with Crippen molar-refractivity contribution in [3.05, 3.63) is 0 Å². The third-order valence-electron chi connectivity index (χ3n) is 2.90. The fourth-order valence-corrected chi connectivity index (χ4v) is 7.04. The molecule has 21 heavy (non-hydrogen) atoms. The lowest BCUT2D eigenvalue weighted by molar-refractivity contribution is -0.119. The molecular weight excluding hydrogens is 304 g/mol. The van der Waals surface area contributed by atoms with Crippen LogP contribution in [-0.4, -0.2) is 39.3 Å². The van der Waals surface area contributed by atoms with Crippen LogP contribution in [0.2, 0.25) is 0 Å². The van der Waals surface area contributed by atoms with E-state index in [-0.39, 0.29) is 0 Å². The predicted molar refractivity (Wildman–Crippen MR) is 91.5 cm³/mol. The number of rotatable bonds is 15. The van der Waals surface area contributed by atoms with Gasteiger partial charge >= 0.3 is 7.95 Å². The van der Waals surface area contributed by atoms with Gasteiger partial charge in [-0.1, -0.05) is 31.0 Å². The minimum Gasteiger partial charge on any atom is -0.366 e. The molecule has 0 bridgehead atoms. The Balaban J connectivity index is 4.03. The molecule has 0 saturated heterocycles. The minimum atomic E-state index is -2.59. The molecule has 0 aliphatic heterocycles. The number of ketones is 1. The van der Waals surface area contributed by atoms with Crippen LogP contribution in [0.4, 0.5) is 0 Å². The first-order valence-corrected chi connectivity index (χ1v) is 11.6. The summed E-state index contributed by atoms with van der Waals surface area (Å²) in [6.45, 7) is 9.80. The van der Waals surface area contributed by atoms with Gasteiger partial charge in [-0.05, 0) is 39.4 Å². The predicted octanol–water partition coefficient (Wildman–Crippen LogP) is 4.19. The second-order valence-electron chi connectivity index (χ2n) is 4.75. The van der Waals surface area contributed by atoms with Crippen LogP contribution < -0.4 is 0 Å². The Kier molecular flexibility index (Phi) is 13.8. The molecule has 6 heteroatoms. The zero-order valence-corrected chi connectivity index (χ0v) is 15.9. The van der Waals surface area contributed by atoms with E-state index in [1.165, 1.54) is 0 Å². The van der Waals surface area contributed by atoms with Crippen LogP contribution in [0.15, 0.2) is 0 Å². The molecule has 0 atom stereocenters. The van der Waals surface area contributed by atoms with E-state index in [4.69, 9.17) is 13.3 Å². The van der Waals surface area contributed by atoms with Crippen molar-refractivity contribution >= 4 is 24.9 Å². The third-order valence-corrected chi connectivity index (χ3v) is 8.41. The average Bonchev–Trinajstić information content (AvgIpc) is 2.45. The van der Waals surface area contributed by atoms with Crippen molar-refractivity contribution in [1.29, 1.82) is 0 Å². The monoisotopic (exact) mass is 336 g/mol. The van der Waals surface area contributed by atoms with E-state index >= 15 is 0 Å². The van der Waals surface area contributed by atoms with Gasteiger partial charge in [0.05, 0.1) is 0 Å². The number of carbonyl (C=O) groups is 1. The molecular formula is C15H32O4SSi. The highest BCUT2D eigenvalue weighted by molar-refractivity contribution is 8.26. The first kappa shape index (κ1) is 21.1. The van der Waals surface area contributed by atoms with Gasteiger partial charge in [0.15, 0.2) is 0 Å². The van der Waals surface area contributed by atoms with Crippen LogP contribution >= 0.6 is 11.2 Å². The fourth-order valence-electron chi connectivity index (χ4n) is 1.94. The maximum atomic E-state index is 11.7. The second kappa shape index (κ2) is 13.8. The van der Waals surface area contributed by atoms with Crippen LogP contribution in [0, 0.1) is 0 Å². The summed E-state index contributed by atoms with van der Waals surface area (Å²) in [5.41, 5.74) is 0. The van der Waals surface area contributed by atoms with Crippen LogP contribution in [0.25, 0.3) is 0 Å². The maximum Gasteiger partial charge on any atom is 0.573 e. The minimum absolute atomic E-state index is 0.376. The van der Waals surface area contributed by atoms with E-state index in [0.29, 0.717) is 32.0 Å². The van der Waals surface area contributed by atoms with Gasteiger partial charge in [0.2, 0.25) is 0 Å². The molecule has 0 aliphatic rings. The Labute approximate surface area is 135 Å². The SMILES string of the molecule is CCCCCC(=O)CCCS[Si](OCC)(OCC)OCC. The van der Waals surface area contributed by atoms with Gasteiger partial charge < -0.3 is 13.3 Å². The summed E-state index contributed by atoms with van der Waals surface area (Å²) in [7, 11) is -2.59. The van der Waals surface area contributed by atoms with E-state index in [9.17, 15) is 4.79 Å². The van der Waals surface area contributed by atoms with Gasteiger partial charge in [0.1, 0.15) is 5.78 Å². The summed E-state index contributed by atoms with van der Waals surface area (Å²) in [6, 6.07) is 0. The smallest absolute Gasteiger partial charge is 0.366 e. The topological polar surface area (TPSA) is 44.8 Å². The highest BCUT2D eigenvalue weighted by Gasteiger charge is 2.41. The lowest BCUT2D eigenvalue weighted by atomic mass is 10.1. The Hall–Kier alpha value is 0.117. The van der Waals surface area contributed by atoms with Crippen LogP contribution in [0.1, 0.15) is 66.2 Å².